The zero-order valence-corrected chi connectivity index (χ0v) is 44.0. The van der Waals surface area contributed by atoms with Crippen molar-refractivity contribution in [3.63, 3.8) is 0 Å². The van der Waals surface area contributed by atoms with E-state index in [0.717, 1.165) is 65.0 Å². The van der Waals surface area contributed by atoms with Gasteiger partial charge in [-0.2, -0.15) is 0 Å². The summed E-state index contributed by atoms with van der Waals surface area (Å²) in [7, 11) is 3.18. The Bertz CT molecular complexity index is 2730. The number of nitrogens with zero attached hydrogens (tertiary/aromatic N) is 2. The van der Waals surface area contributed by atoms with Crippen molar-refractivity contribution in [2.24, 2.45) is 0 Å². The van der Waals surface area contributed by atoms with Gasteiger partial charge in [0.15, 0.2) is 18.1 Å². The van der Waals surface area contributed by atoms with Crippen LogP contribution in [0.4, 0.5) is 5.69 Å². The molecule has 13 heteroatoms. The second-order valence-corrected chi connectivity index (χ2v) is 18.9. The quantitative estimate of drug-likeness (QED) is 0.0323. The molecule has 5 aromatic carbocycles. The van der Waals surface area contributed by atoms with Crippen molar-refractivity contribution in [3.8, 4) is 29.1 Å². The number of aryl methyl sites for hydroxylation is 4. The van der Waals surface area contributed by atoms with Gasteiger partial charge in [0.25, 0.3) is 5.91 Å². The number of ether oxygens (including phenoxy) is 7. The smallest absolute Gasteiger partial charge is 0.329 e. The molecule has 74 heavy (non-hydrogen) atoms. The molecular formula is C61H73N3O10. The molecule has 0 aromatic heterocycles. The molecule has 0 radical (unpaired) electrons. The standard InChI is InChI=1S/C61H73N3O10/c1-7-53(51-38-45(4)59(69-6)57(40-51)68-5)60(66)64-29-13-12-21-55(64)61(67)74-56(27-24-46-23-22-43(2)44(3)37-46)49-18-14-19-52(39-49)73-42-58(65)62-28-31-70-33-35-72-36-34-71-32-30-63-41-50-17-9-8-15-47(50)25-26-48-16-10-11-20-54(48)63/h8-11,14-20,22-23,37-40,53,55-56H,7,12-13,21,24,27-36,41-42H2,1-6H3,(H,62,65)/t53-,55-,56+/m0/s1. The van der Waals surface area contributed by atoms with Crippen molar-refractivity contribution in [2.75, 3.05) is 85.0 Å². The third kappa shape index (κ3) is 15.1. The van der Waals surface area contributed by atoms with E-state index >= 15 is 0 Å². The lowest BCUT2D eigenvalue weighted by molar-refractivity contribution is -0.162. The summed E-state index contributed by atoms with van der Waals surface area (Å²) in [4.78, 5) is 45.7. The third-order valence-electron chi connectivity index (χ3n) is 13.8. The second kappa shape index (κ2) is 28.0. The first-order chi connectivity index (χ1) is 36.1. The number of carbonyl (C=O) groups excluding carboxylic acids is 3. The van der Waals surface area contributed by atoms with Crippen molar-refractivity contribution in [1.29, 1.82) is 0 Å². The number of rotatable bonds is 26. The summed E-state index contributed by atoms with van der Waals surface area (Å²) in [5.41, 5.74) is 10.3. The lowest BCUT2D eigenvalue weighted by atomic mass is 9.91. The maximum absolute atomic E-state index is 14.5. The van der Waals surface area contributed by atoms with Crippen molar-refractivity contribution in [2.45, 2.75) is 90.8 Å². The Labute approximate surface area is 437 Å². The first kappa shape index (κ1) is 54.9. The SMILES string of the molecule is CC[C@H](C(=O)N1CCCC[C@H]1C(=O)O[C@H](CCc1ccc(C)c(C)c1)c1cccc(OCC(=O)NCCOCCOCCOCCN2Cc3ccccc3C#Cc3ccccc32)c1)c1cc(C)c(OC)c(OC)c1. The summed E-state index contributed by atoms with van der Waals surface area (Å²) < 4.78 is 41.0. The fourth-order valence-corrected chi connectivity index (χ4v) is 9.59. The Hall–Kier alpha value is -6.85. The Balaban J connectivity index is 0.854. The summed E-state index contributed by atoms with van der Waals surface area (Å²) in [6, 6.07) is 33.3. The molecule has 2 heterocycles. The van der Waals surface area contributed by atoms with E-state index in [1.54, 1.807) is 25.2 Å². The summed E-state index contributed by atoms with van der Waals surface area (Å²) in [6.07, 6.45) is 3.16. The maximum atomic E-state index is 14.5. The van der Waals surface area contributed by atoms with Crippen LogP contribution in [0.5, 0.6) is 17.2 Å². The topological polar surface area (TPSA) is 134 Å². The molecule has 0 aliphatic carbocycles. The van der Waals surface area contributed by atoms with Crippen molar-refractivity contribution in [3.05, 3.63) is 153 Å². The molecule has 2 aliphatic rings. The summed E-state index contributed by atoms with van der Waals surface area (Å²) in [6.45, 7) is 12.7. The molecule has 392 valence electrons. The van der Waals surface area contributed by atoms with Crippen LogP contribution in [-0.4, -0.2) is 109 Å². The van der Waals surface area contributed by atoms with Gasteiger partial charge in [-0.1, -0.05) is 85.5 Å². The van der Waals surface area contributed by atoms with Gasteiger partial charge in [-0.3, -0.25) is 9.59 Å². The van der Waals surface area contributed by atoms with E-state index in [0.29, 0.717) is 95.7 Å². The minimum Gasteiger partial charge on any atom is -0.493 e. The molecule has 1 saturated heterocycles. The highest BCUT2D eigenvalue weighted by Gasteiger charge is 2.38. The Morgan fingerprint density at radius 1 is 0.730 bits per heavy atom. The number of benzene rings is 5. The number of nitrogens with one attached hydrogen (secondary N) is 1. The van der Waals surface area contributed by atoms with E-state index in [2.05, 4.69) is 84.4 Å². The van der Waals surface area contributed by atoms with E-state index in [4.69, 9.17) is 33.2 Å². The predicted molar refractivity (Wildman–Crippen MR) is 287 cm³/mol. The van der Waals surface area contributed by atoms with Crippen LogP contribution < -0.4 is 24.4 Å². The number of esters is 1. The van der Waals surface area contributed by atoms with Crippen LogP contribution in [0.2, 0.25) is 0 Å². The van der Waals surface area contributed by atoms with Crippen LogP contribution >= 0.6 is 0 Å². The molecule has 0 saturated carbocycles. The number of carbonyl (C=O) groups is 3. The summed E-state index contributed by atoms with van der Waals surface area (Å²) in [5.74, 6) is 6.99. The van der Waals surface area contributed by atoms with E-state index in [1.807, 2.05) is 62.4 Å². The van der Waals surface area contributed by atoms with E-state index in [9.17, 15) is 14.4 Å². The fraction of sp³-hybridized carbons (Fsp3) is 0.426. The van der Waals surface area contributed by atoms with Crippen LogP contribution in [-0.2, 0) is 46.3 Å². The molecule has 5 aromatic rings. The second-order valence-electron chi connectivity index (χ2n) is 18.9. The van der Waals surface area contributed by atoms with Gasteiger partial charge in [-0.25, -0.2) is 4.79 Å². The van der Waals surface area contributed by atoms with Gasteiger partial charge in [-0.15, -0.1) is 0 Å². The molecule has 1 N–H and O–H groups in total. The van der Waals surface area contributed by atoms with Gasteiger partial charge in [0, 0.05) is 37.3 Å². The number of methoxy groups -OCH3 is 2. The molecule has 7 rings (SSSR count). The van der Waals surface area contributed by atoms with Crippen LogP contribution in [0.25, 0.3) is 0 Å². The van der Waals surface area contributed by atoms with Gasteiger partial charge < -0.3 is 48.3 Å². The molecular weight excluding hydrogens is 935 g/mol. The lowest BCUT2D eigenvalue weighted by Crippen LogP contribution is -2.50. The van der Waals surface area contributed by atoms with E-state index < -0.39 is 24.0 Å². The van der Waals surface area contributed by atoms with Crippen molar-refractivity contribution in [1.82, 2.24) is 10.2 Å². The number of amides is 2. The van der Waals surface area contributed by atoms with Crippen LogP contribution in [0.3, 0.4) is 0 Å². The van der Waals surface area contributed by atoms with Gasteiger partial charge in [0.1, 0.15) is 17.9 Å². The molecule has 2 aliphatic heterocycles. The van der Waals surface area contributed by atoms with Crippen LogP contribution in [0.15, 0.2) is 103 Å². The van der Waals surface area contributed by atoms with Crippen molar-refractivity contribution < 1.29 is 47.5 Å². The zero-order chi connectivity index (χ0) is 52.2. The predicted octanol–water partition coefficient (Wildman–Crippen LogP) is 9.39. The minimum absolute atomic E-state index is 0.111. The normalized spacial score (nSPS) is 14.8. The average Bonchev–Trinajstić information content (AvgIpc) is 3.41. The van der Waals surface area contributed by atoms with E-state index in [1.165, 1.54) is 16.7 Å². The largest absolute Gasteiger partial charge is 0.493 e. The van der Waals surface area contributed by atoms with Crippen molar-refractivity contribution >= 4 is 23.5 Å². The number of para-hydroxylation sites is 1. The number of piperidine rings is 1. The summed E-state index contributed by atoms with van der Waals surface area (Å²) in [5, 5.41) is 2.85. The molecule has 2 amide bonds. The molecule has 0 unspecified atom stereocenters. The zero-order valence-electron chi connectivity index (χ0n) is 44.0. The number of anilines is 1. The van der Waals surface area contributed by atoms with Crippen LogP contribution in [0, 0.1) is 32.6 Å². The summed E-state index contributed by atoms with van der Waals surface area (Å²) >= 11 is 0. The number of hydrogen-bond acceptors (Lipinski definition) is 11. The highest BCUT2D eigenvalue weighted by molar-refractivity contribution is 5.89. The molecule has 1 fully saturated rings. The van der Waals surface area contributed by atoms with Gasteiger partial charge in [0.2, 0.25) is 5.91 Å². The fourth-order valence-electron chi connectivity index (χ4n) is 9.59. The first-order valence-corrected chi connectivity index (χ1v) is 26.0. The highest BCUT2D eigenvalue weighted by atomic mass is 16.6. The van der Waals surface area contributed by atoms with Crippen LogP contribution in [0.1, 0.15) is 101 Å². The average molecular weight is 1010 g/mol. The lowest BCUT2D eigenvalue weighted by Gasteiger charge is -2.37. The Morgan fingerprint density at radius 2 is 1.47 bits per heavy atom. The van der Waals surface area contributed by atoms with E-state index in [-0.39, 0.29) is 18.4 Å². The van der Waals surface area contributed by atoms with Gasteiger partial charge >= 0.3 is 5.97 Å². The molecule has 0 spiro atoms. The third-order valence-corrected chi connectivity index (χ3v) is 13.8. The molecule has 13 nitrogen and oxygen atoms in total. The van der Waals surface area contributed by atoms with Gasteiger partial charge in [0.05, 0.1) is 65.5 Å². The number of hydrogen-bond donors (Lipinski definition) is 1. The van der Waals surface area contributed by atoms with Gasteiger partial charge in [-0.05, 0) is 135 Å². The first-order valence-electron chi connectivity index (χ1n) is 26.0. The molecule has 0 bridgehead atoms. The number of fused-ring (bicyclic) bond motifs is 2. The highest BCUT2D eigenvalue weighted by Crippen LogP contribution is 2.37. The minimum atomic E-state index is -0.735. The Kier molecular flexibility index (Phi) is 20.8. The monoisotopic (exact) mass is 1010 g/mol. The molecule has 3 atom stereocenters. The number of likely N-dealkylation sites (tertiary alicyclic amines) is 1. The Morgan fingerprint density at radius 3 is 2.24 bits per heavy atom. The maximum Gasteiger partial charge on any atom is 0.329 e.